The molecule has 11 aromatic rings. The third kappa shape index (κ3) is 9.44. The molecule has 9 aromatic carbocycles. The van der Waals surface area contributed by atoms with Gasteiger partial charge in [0, 0.05) is 55.6 Å². The average molecular weight is 1080 g/mol. The molecule has 1 aliphatic carbocycles. The van der Waals surface area contributed by atoms with E-state index >= 15 is 0 Å². The van der Waals surface area contributed by atoms with Crippen LogP contribution < -0.4 is 14.5 Å². The second kappa shape index (κ2) is 19.8. The molecule has 0 unspecified atom stereocenters. The molecule has 13 rings (SSSR count). The summed E-state index contributed by atoms with van der Waals surface area (Å²) in [6, 6.07) is 50.8. The maximum Gasteiger partial charge on any atom is 0.137 e. The van der Waals surface area contributed by atoms with Gasteiger partial charge in [0.15, 0.2) is 0 Å². The van der Waals surface area contributed by atoms with Crippen molar-refractivity contribution in [2.45, 2.75) is 111 Å². The van der Waals surface area contributed by atoms with Crippen molar-refractivity contribution in [3.8, 4) is 61.8 Å². The zero-order chi connectivity index (χ0) is 66.3. The van der Waals surface area contributed by atoms with Gasteiger partial charge < -0.3 is 14.5 Å². The van der Waals surface area contributed by atoms with Gasteiger partial charge in [0.05, 0.1) is 39.1 Å². The molecule has 0 saturated carbocycles. The molecule has 0 fully saturated rings. The van der Waals surface area contributed by atoms with Crippen LogP contribution >= 0.6 is 0 Å². The largest absolute Gasteiger partial charge is 0.457 e. The molecular formula is C77H74N4O. The first-order valence-electron chi connectivity index (χ1n) is 33.9. The van der Waals surface area contributed by atoms with Crippen molar-refractivity contribution in [2.24, 2.45) is 0 Å². The van der Waals surface area contributed by atoms with Gasteiger partial charge in [-0.25, -0.2) is 4.98 Å². The fourth-order valence-electron chi connectivity index (χ4n) is 12.1. The average Bonchev–Trinajstić information content (AvgIpc) is 1.59. The summed E-state index contributed by atoms with van der Waals surface area (Å²) in [6.45, 7) is 19.6. The van der Waals surface area contributed by atoms with Crippen LogP contribution in [0.2, 0.25) is 0 Å². The molecule has 0 saturated heterocycles. The zero-order valence-corrected chi connectivity index (χ0v) is 48.4. The summed E-state index contributed by atoms with van der Waals surface area (Å²) >= 11 is 0. The molecule has 5 heteroatoms. The Balaban J connectivity index is 0.964. The van der Waals surface area contributed by atoms with Crippen LogP contribution in [0.5, 0.6) is 11.5 Å². The van der Waals surface area contributed by atoms with Crippen LogP contribution in [-0.4, -0.2) is 16.2 Å². The van der Waals surface area contributed by atoms with Gasteiger partial charge in [-0.2, -0.15) is 0 Å². The molecule has 0 atom stereocenters. The first-order valence-corrected chi connectivity index (χ1v) is 28.4. The highest BCUT2D eigenvalue weighted by Crippen LogP contribution is 2.54. The van der Waals surface area contributed by atoms with E-state index in [0.29, 0.717) is 35.3 Å². The molecule has 82 heavy (non-hydrogen) atoms. The molecule has 0 spiro atoms. The van der Waals surface area contributed by atoms with Crippen LogP contribution in [0.3, 0.4) is 0 Å². The quantitative estimate of drug-likeness (QED) is 0.144. The second-order valence-electron chi connectivity index (χ2n) is 25.6. The molecule has 0 amide bonds. The molecule has 2 aromatic heterocycles. The Labute approximate surface area is 501 Å². The van der Waals surface area contributed by atoms with E-state index in [1.54, 1.807) is 0 Å². The van der Waals surface area contributed by atoms with Crippen molar-refractivity contribution in [3.63, 3.8) is 0 Å². The number of aromatic nitrogens is 2. The van der Waals surface area contributed by atoms with E-state index in [2.05, 4.69) is 152 Å². The first-order chi connectivity index (χ1) is 43.8. The standard InChI is InChI=1S/C77H74N4O/c1-50-39-72(78-48-65(50)52-25-16-13-17-26-52)81-68-30-19-18-29-61(68)62-35-34-60(47-71(62)81)82-59-28-22-27-58(46-59)79-49-80(70-32-21-20-31-69(70)79)73-63(53-33-36-66-67(43-53)77(10,11)38-37-76(66,8)9)44-57(75(5,6)7)45-64(73)55-40-54(51-23-14-12-15-24-51)41-56(42-55)74(2,3)4/h12-36,39-48H,37-38,49H2,1-11H3/i1D3,13D,16D,17D,25D,26D,33D,36D,43D. The summed E-state index contributed by atoms with van der Waals surface area (Å²) in [4.78, 5) is 9.37. The number of anilines is 4. The topological polar surface area (TPSA) is 33.5 Å². The number of para-hydroxylation sites is 3. The van der Waals surface area contributed by atoms with E-state index in [4.69, 9.17) is 20.7 Å². The SMILES string of the molecule is [2H]c1c([2H])c([2H])c(-c2cnc(-n3c4ccccc4c4ccc(Oc5cccc(N6CN(c7c(-c8cc(-c9ccccc9)cc(C(C)(C)C)c8)cc(C(C)(C)C)cc7-c7c([2H])c([2H])c8c(c7[2H])C(C)(C)CCC8(C)C)c7ccccc76)c5)cc43)cc2C([2H])([2H])[2H])c([2H])c1[2H]. The molecule has 0 bridgehead atoms. The minimum Gasteiger partial charge on any atom is -0.457 e. The van der Waals surface area contributed by atoms with Crippen LogP contribution in [-0.2, 0) is 21.7 Å². The third-order valence-corrected chi connectivity index (χ3v) is 16.9. The van der Waals surface area contributed by atoms with Gasteiger partial charge in [0.25, 0.3) is 0 Å². The molecule has 3 heterocycles. The van der Waals surface area contributed by atoms with Crippen molar-refractivity contribution in [3.05, 3.63) is 240 Å². The molecule has 5 nitrogen and oxygen atoms in total. The van der Waals surface area contributed by atoms with Gasteiger partial charge in [-0.05, 0) is 164 Å². The lowest BCUT2D eigenvalue weighted by molar-refractivity contribution is 0.332. The van der Waals surface area contributed by atoms with E-state index in [9.17, 15) is 4.11 Å². The number of aryl methyl sites for hydroxylation is 1. The number of benzene rings is 9. The van der Waals surface area contributed by atoms with E-state index in [0.717, 1.165) is 102 Å². The van der Waals surface area contributed by atoms with Crippen molar-refractivity contribution >= 4 is 44.6 Å². The van der Waals surface area contributed by atoms with E-state index < -0.39 is 47.9 Å². The Morgan fingerprint density at radius 3 is 1.90 bits per heavy atom. The third-order valence-electron chi connectivity index (χ3n) is 16.9. The molecular weight excluding hydrogens is 997 g/mol. The van der Waals surface area contributed by atoms with Crippen molar-refractivity contribution in [2.75, 3.05) is 16.5 Å². The monoisotopic (exact) mass is 1080 g/mol. The predicted molar refractivity (Wildman–Crippen MR) is 346 cm³/mol. The number of fused-ring (bicyclic) bond motifs is 5. The van der Waals surface area contributed by atoms with Gasteiger partial charge in [-0.1, -0.05) is 196 Å². The van der Waals surface area contributed by atoms with Gasteiger partial charge in [-0.3, -0.25) is 4.57 Å². The minimum atomic E-state index is -2.77. The number of rotatable bonds is 9. The maximum absolute atomic E-state index is 10.5. The number of pyridine rings is 1. The molecule has 0 radical (unpaired) electrons. The van der Waals surface area contributed by atoms with Crippen LogP contribution in [0.1, 0.15) is 125 Å². The van der Waals surface area contributed by atoms with E-state index in [1.165, 1.54) is 12.3 Å². The van der Waals surface area contributed by atoms with Gasteiger partial charge in [0.2, 0.25) is 0 Å². The van der Waals surface area contributed by atoms with Crippen molar-refractivity contribution < 1.29 is 19.8 Å². The summed E-state index contributed by atoms with van der Waals surface area (Å²) in [7, 11) is 0. The summed E-state index contributed by atoms with van der Waals surface area (Å²) in [5, 5.41) is 1.72. The van der Waals surface area contributed by atoms with Crippen molar-refractivity contribution in [1.29, 1.82) is 0 Å². The minimum absolute atomic E-state index is 0.0468. The lowest BCUT2D eigenvalue weighted by atomic mass is 9.63. The molecule has 1 aliphatic heterocycles. The zero-order valence-electron chi connectivity index (χ0n) is 59.4. The molecule has 0 N–H and O–H groups in total. The first kappa shape index (κ1) is 41.3. The Morgan fingerprint density at radius 2 is 1.16 bits per heavy atom. The summed E-state index contributed by atoms with van der Waals surface area (Å²) in [5.41, 5.74) is 12.0. The van der Waals surface area contributed by atoms with Gasteiger partial charge in [0.1, 0.15) is 24.0 Å². The smallest absolute Gasteiger partial charge is 0.137 e. The molecule has 408 valence electrons. The number of hydrogen-bond donors (Lipinski definition) is 0. The van der Waals surface area contributed by atoms with E-state index in [1.807, 2.05) is 83.4 Å². The normalized spacial score (nSPS) is 16.8. The Hall–Kier alpha value is -8.67. The second-order valence-corrected chi connectivity index (χ2v) is 25.6. The van der Waals surface area contributed by atoms with Crippen LogP contribution in [0.15, 0.2) is 212 Å². The van der Waals surface area contributed by atoms with Crippen LogP contribution in [0.4, 0.5) is 22.7 Å². The Bertz CT molecular complexity index is 4850. The summed E-state index contributed by atoms with van der Waals surface area (Å²) in [5.74, 6) is 1.28. The molecule has 2 aliphatic rings. The Morgan fingerprint density at radius 1 is 0.512 bits per heavy atom. The highest BCUT2D eigenvalue weighted by molar-refractivity contribution is 6.09. The summed E-state index contributed by atoms with van der Waals surface area (Å²) < 4.78 is 108. The van der Waals surface area contributed by atoms with Crippen LogP contribution in [0, 0.1) is 6.85 Å². The summed E-state index contributed by atoms with van der Waals surface area (Å²) in [6.07, 6.45) is 2.97. The Kier molecular flexibility index (Phi) is 9.98. The lowest BCUT2D eigenvalue weighted by Crippen LogP contribution is -2.33. The van der Waals surface area contributed by atoms with E-state index in [-0.39, 0.29) is 45.4 Å². The number of hydrogen-bond acceptors (Lipinski definition) is 4. The number of nitrogens with zero attached hydrogens (tertiary/aromatic N) is 4. The lowest BCUT2D eigenvalue weighted by Gasteiger charge is -2.42. The fraction of sp³-hybridized carbons (Fsp3) is 0.234. The maximum atomic E-state index is 10.5. The fourth-order valence-corrected chi connectivity index (χ4v) is 12.1. The number of ether oxygens (including phenoxy) is 1. The van der Waals surface area contributed by atoms with Gasteiger partial charge >= 0.3 is 0 Å². The highest BCUT2D eigenvalue weighted by atomic mass is 16.5. The van der Waals surface area contributed by atoms with Crippen LogP contribution in [0.25, 0.3) is 72.1 Å². The van der Waals surface area contributed by atoms with Gasteiger partial charge in [-0.15, -0.1) is 0 Å². The highest BCUT2D eigenvalue weighted by Gasteiger charge is 2.39. The van der Waals surface area contributed by atoms with Crippen molar-refractivity contribution in [1.82, 2.24) is 9.55 Å². The predicted octanol–water partition coefficient (Wildman–Crippen LogP) is 21.1.